The Morgan fingerprint density at radius 2 is 1.21 bits per heavy atom. The topological polar surface area (TPSA) is 141 Å². The third-order valence-corrected chi connectivity index (χ3v) is 15.5. The second-order valence-corrected chi connectivity index (χ2v) is 17.2. The minimum atomic E-state index is -2.31. The van der Waals surface area contributed by atoms with E-state index in [9.17, 15) is 34.8 Å². The van der Waals surface area contributed by atoms with Crippen molar-refractivity contribution in [3.05, 3.63) is 47.6 Å². The van der Waals surface area contributed by atoms with E-state index in [1.165, 1.54) is 24.3 Å². The van der Waals surface area contributed by atoms with Crippen molar-refractivity contribution < 1.29 is 48.3 Å². The number of halogens is 2. The smallest absolute Gasteiger partial charge is 0.198 e. The van der Waals surface area contributed by atoms with Gasteiger partial charge in [0.25, 0.3) is 0 Å². The van der Waals surface area contributed by atoms with Crippen LogP contribution in [-0.4, -0.2) is 79.3 Å². The molecule has 8 rings (SSSR count). The standard InChI is InChI=1S/C38H46F2O8/c1-32-17-29(44)36(39)23(7-5-19-13-21(41)9-11-33(19,36)2)25(32)15-27(31(32)46)48-38(47)28(43)16-26-24-8-6-20-14-22(42)10-12-34(20,3)37(24,40)30(45)18-35(26,38)4/h9-14,23-30,43-45,47H,5-8,15-18H2,1-4H3. The number of ether oxygens (including phenoxy) is 1. The third kappa shape index (κ3) is 3.54. The van der Waals surface area contributed by atoms with Crippen LogP contribution < -0.4 is 0 Å². The third-order valence-electron chi connectivity index (χ3n) is 15.5. The lowest BCUT2D eigenvalue weighted by Crippen LogP contribution is -2.69. The Balaban J connectivity index is 1.11. The van der Waals surface area contributed by atoms with Gasteiger partial charge in [0.1, 0.15) is 12.2 Å². The van der Waals surface area contributed by atoms with Crippen LogP contribution in [0, 0.1) is 45.3 Å². The lowest BCUT2D eigenvalue weighted by Gasteiger charge is -2.62. The van der Waals surface area contributed by atoms with E-state index in [0.29, 0.717) is 36.8 Å². The Labute approximate surface area is 279 Å². The number of aliphatic hydroxyl groups is 4. The van der Waals surface area contributed by atoms with Crippen LogP contribution in [0.2, 0.25) is 0 Å². The largest absolute Gasteiger partial charge is 0.390 e. The SMILES string of the molecule is CC12CC(O)C3(F)C(CCC4=CC(=O)C=CC43C)C1CC(OC1(O)C(O)CC3C4CCC5=CC(=O)C=CC5(C)C4(F)C(O)CC31C)C2=O. The number of alkyl halides is 2. The number of Topliss-reactive ketones (excluding diaryl/α,β-unsaturated/α-hetero) is 1. The van der Waals surface area contributed by atoms with Gasteiger partial charge in [-0.3, -0.25) is 14.4 Å². The molecule has 0 aromatic carbocycles. The van der Waals surface area contributed by atoms with Crippen LogP contribution in [0.5, 0.6) is 0 Å². The minimum Gasteiger partial charge on any atom is -0.390 e. The van der Waals surface area contributed by atoms with Crippen molar-refractivity contribution in [3.63, 3.8) is 0 Å². The zero-order chi connectivity index (χ0) is 34.6. The first-order valence-electron chi connectivity index (χ1n) is 17.6. The summed E-state index contributed by atoms with van der Waals surface area (Å²) >= 11 is 0. The summed E-state index contributed by atoms with van der Waals surface area (Å²) in [5.74, 6) is -5.81. The molecule has 15 unspecified atom stereocenters. The molecule has 0 radical (unpaired) electrons. The van der Waals surface area contributed by atoms with Crippen LogP contribution >= 0.6 is 0 Å². The summed E-state index contributed by atoms with van der Waals surface area (Å²) in [4.78, 5) is 38.6. The second-order valence-electron chi connectivity index (χ2n) is 17.2. The Kier molecular flexibility index (Phi) is 6.62. The number of hydrogen-bond donors (Lipinski definition) is 4. The highest BCUT2D eigenvalue weighted by molar-refractivity contribution is 6.02. The molecule has 6 fully saturated rings. The molecule has 0 bridgehead atoms. The quantitative estimate of drug-likeness (QED) is 0.325. The number of carbonyl (C=O) groups excluding carboxylic acids is 3. The van der Waals surface area contributed by atoms with Crippen LogP contribution in [0.3, 0.4) is 0 Å². The number of allylic oxidation sites excluding steroid dienone is 8. The Bertz CT molecular complexity index is 1650. The fraction of sp³-hybridized carbons (Fsp3) is 0.711. The summed E-state index contributed by atoms with van der Waals surface area (Å²) < 4.78 is 41.5. The van der Waals surface area contributed by atoms with Crippen molar-refractivity contribution in [1.29, 1.82) is 0 Å². The van der Waals surface area contributed by atoms with E-state index in [4.69, 9.17) is 4.74 Å². The maximum atomic E-state index is 17.6. The first-order valence-corrected chi connectivity index (χ1v) is 17.6. The number of aliphatic hydroxyl groups excluding tert-OH is 3. The van der Waals surface area contributed by atoms with E-state index in [1.807, 2.05) is 0 Å². The number of rotatable bonds is 2. The molecule has 0 aromatic rings. The first kappa shape index (κ1) is 32.8. The highest BCUT2D eigenvalue weighted by atomic mass is 19.1. The monoisotopic (exact) mass is 668 g/mol. The highest BCUT2D eigenvalue weighted by Crippen LogP contribution is 2.71. The summed E-state index contributed by atoms with van der Waals surface area (Å²) in [7, 11) is 0. The summed E-state index contributed by atoms with van der Waals surface area (Å²) in [5, 5.41) is 47.1. The van der Waals surface area contributed by atoms with Gasteiger partial charge in [0.2, 0.25) is 0 Å². The zero-order valence-corrected chi connectivity index (χ0v) is 27.9. The molecular weight excluding hydrogens is 622 g/mol. The molecule has 8 aliphatic rings. The molecule has 8 nitrogen and oxygen atoms in total. The molecule has 0 aromatic heterocycles. The van der Waals surface area contributed by atoms with Crippen LogP contribution in [0.15, 0.2) is 47.6 Å². The molecule has 8 aliphatic carbocycles. The summed E-state index contributed by atoms with van der Waals surface area (Å²) in [6.45, 7) is 6.80. The predicted octanol–water partition coefficient (Wildman–Crippen LogP) is 3.95. The normalized spacial score (nSPS) is 56.8. The molecule has 0 amide bonds. The molecule has 0 saturated heterocycles. The van der Waals surface area contributed by atoms with E-state index in [-0.39, 0.29) is 43.0 Å². The number of fused-ring (bicyclic) bond motifs is 10. The summed E-state index contributed by atoms with van der Waals surface area (Å²) in [6, 6.07) is 0. The molecule has 0 spiro atoms. The zero-order valence-electron chi connectivity index (χ0n) is 27.9. The highest BCUT2D eigenvalue weighted by Gasteiger charge is 2.77. The fourth-order valence-electron chi connectivity index (χ4n) is 12.7. The first-order chi connectivity index (χ1) is 22.3. The van der Waals surface area contributed by atoms with Crippen LogP contribution in [0.1, 0.15) is 79.1 Å². The van der Waals surface area contributed by atoms with Gasteiger partial charge in [0.15, 0.2) is 34.5 Å². The van der Waals surface area contributed by atoms with E-state index < -0.39 is 86.9 Å². The molecular formula is C38H46F2O8. The van der Waals surface area contributed by atoms with E-state index in [2.05, 4.69) is 0 Å². The number of hydrogen-bond acceptors (Lipinski definition) is 8. The van der Waals surface area contributed by atoms with Crippen molar-refractivity contribution >= 4 is 17.3 Å². The van der Waals surface area contributed by atoms with Gasteiger partial charge in [0, 0.05) is 33.5 Å². The molecule has 0 heterocycles. The Morgan fingerprint density at radius 3 is 1.75 bits per heavy atom. The van der Waals surface area contributed by atoms with Gasteiger partial charge in [-0.1, -0.05) is 37.1 Å². The van der Waals surface area contributed by atoms with Crippen molar-refractivity contribution in [2.45, 2.75) is 121 Å². The van der Waals surface area contributed by atoms with Crippen molar-refractivity contribution in [2.24, 2.45) is 45.3 Å². The van der Waals surface area contributed by atoms with Crippen molar-refractivity contribution in [3.8, 4) is 0 Å². The summed E-state index contributed by atoms with van der Waals surface area (Å²) in [5.41, 5.74) is -8.03. The second kappa shape index (κ2) is 9.69. The lowest BCUT2D eigenvalue weighted by molar-refractivity contribution is -0.329. The Morgan fingerprint density at radius 1 is 0.708 bits per heavy atom. The molecule has 260 valence electrons. The van der Waals surface area contributed by atoms with Crippen molar-refractivity contribution in [2.75, 3.05) is 0 Å². The van der Waals surface area contributed by atoms with Gasteiger partial charge in [-0.2, -0.15) is 0 Å². The van der Waals surface area contributed by atoms with Gasteiger partial charge in [-0.05, 0) is 101 Å². The van der Waals surface area contributed by atoms with Crippen LogP contribution in [0.4, 0.5) is 8.78 Å². The maximum absolute atomic E-state index is 17.6. The average Bonchev–Trinajstić information content (AvgIpc) is 3.36. The Hall–Kier alpha value is -2.37. The maximum Gasteiger partial charge on any atom is 0.198 e. The van der Waals surface area contributed by atoms with E-state index in [1.54, 1.807) is 39.8 Å². The van der Waals surface area contributed by atoms with Crippen LogP contribution in [0.25, 0.3) is 0 Å². The molecule has 4 N–H and O–H groups in total. The van der Waals surface area contributed by atoms with Gasteiger partial charge in [-0.25, -0.2) is 8.78 Å². The fourth-order valence-corrected chi connectivity index (χ4v) is 12.7. The molecule has 0 aliphatic heterocycles. The van der Waals surface area contributed by atoms with E-state index in [0.717, 1.165) is 0 Å². The number of ketones is 3. The summed E-state index contributed by atoms with van der Waals surface area (Å²) in [6.07, 6.45) is 4.01. The predicted molar refractivity (Wildman–Crippen MR) is 168 cm³/mol. The number of carbonyl (C=O) groups is 3. The van der Waals surface area contributed by atoms with Gasteiger partial charge in [-0.15, -0.1) is 0 Å². The molecule has 15 atom stereocenters. The lowest BCUT2D eigenvalue weighted by atomic mass is 9.45. The molecule has 10 heteroatoms. The van der Waals surface area contributed by atoms with E-state index >= 15 is 8.78 Å². The van der Waals surface area contributed by atoms with Gasteiger partial charge < -0.3 is 25.2 Å². The minimum absolute atomic E-state index is 0.0110. The molecule has 48 heavy (non-hydrogen) atoms. The van der Waals surface area contributed by atoms with Crippen LogP contribution in [-0.2, 0) is 19.1 Å². The van der Waals surface area contributed by atoms with Crippen molar-refractivity contribution in [1.82, 2.24) is 0 Å². The van der Waals surface area contributed by atoms with Gasteiger partial charge >= 0.3 is 0 Å². The average molecular weight is 669 g/mol. The molecule has 6 saturated carbocycles. The van der Waals surface area contributed by atoms with Gasteiger partial charge in [0.05, 0.1) is 12.2 Å².